The highest BCUT2D eigenvalue weighted by Crippen LogP contribution is 2.27. The second-order valence-corrected chi connectivity index (χ2v) is 8.80. The summed E-state index contributed by atoms with van der Waals surface area (Å²) < 4.78 is 4.26. The van der Waals surface area contributed by atoms with E-state index in [9.17, 15) is 4.79 Å². The monoisotopic (exact) mass is 391 g/mol. The topological polar surface area (TPSA) is 56.0 Å². The van der Waals surface area contributed by atoms with Crippen molar-refractivity contribution < 1.29 is 4.79 Å². The van der Waals surface area contributed by atoms with E-state index >= 15 is 0 Å². The molecule has 0 spiro atoms. The average molecular weight is 392 g/mol. The van der Waals surface area contributed by atoms with Crippen molar-refractivity contribution in [2.75, 3.05) is 13.1 Å². The maximum absolute atomic E-state index is 13.1. The fourth-order valence-corrected chi connectivity index (χ4v) is 3.98. The Hall–Kier alpha value is -2.89. The molecule has 6 nitrogen and oxygen atoms in total. The molecule has 6 heteroatoms. The third kappa shape index (κ3) is 4.26. The van der Waals surface area contributed by atoms with Gasteiger partial charge in [-0.1, -0.05) is 6.07 Å². The highest BCUT2D eigenvalue weighted by Gasteiger charge is 2.29. The van der Waals surface area contributed by atoms with Gasteiger partial charge in [-0.05, 0) is 51.8 Å². The first-order valence-electron chi connectivity index (χ1n) is 10.3. The third-order valence-corrected chi connectivity index (χ3v) is 5.59. The van der Waals surface area contributed by atoms with E-state index in [1.165, 1.54) is 0 Å². The molecule has 0 aliphatic carbocycles. The van der Waals surface area contributed by atoms with Crippen LogP contribution >= 0.6 is 0 Å². The highest BCUT2D eigenvalue weighted by atomic mass is 16.2. The van der Waals surface area contributed by atoms with Crippen molar-refractivity contribution in [3.05, 3.63) is 72.3 Å². The Morgan fingerprint density at radius 1 is 1.14 bits per heavy atom. The van der Waals surface area contributed by atoms with Crippen LogP contribution in [-0.4, -0.2) is 43.0 Å². The number of carbonyl (C=O) groups is 1. The molecule has 0 N–H and O–H groups in total. The summed E-state index contributed by atoms with van der Waals surface area (Å²) in [6.45, 7) is 8.63. The van der Waals surface area contributed by atoms with E-state index in [0.717, 1.165) is 36.5 Å². The first-order valence-corrected chi connectivity index (χ1v) is 10.3. The minimum atomic E-state index is -0.0286. The summed E-state index contributed by atoms with van der Waals surface area (Å²) in [7, 11) is 0. The van der Waals surface area contributed by atoms with Crippen molar-refractivity contribution in [1.29, 1.82) is 0 Å². The predicted octanol–water partition coefficient (Wildman–Crippen LogP) is 3.90. The molecule has 3 aromatic heterocycles. The molecule has 4 heterocycles. The van der Waals surface area contributed by atoms with Crippen molar-refractivity contribution >= 4 is 5.91 Å². The van der Waals surface area contributed by atoms with E-state index in [2.05, 4.69) is 39.9 Å². The molecule has 0 bridgehead atoms. The Kier molecular flexibility index (Phi) is 5.26. The number of amides is 1. The SMILES string of the molecule is CC(C)(C)n1ccc(C(=O)N2CCC[C@H](c3nccn3Cc3ccccn3)C2)c1. The number of piperidine rings is 1. The fourth-order valence-electron chi connectivity index (χ4n) is 3.98. The van der Waals surface area contributed by atoms with Crippen LogP contribution in [0.25, 0.3) is 0 Å². The van der Waals surface area contributed by atoms with Crippen LogP contribution in [0.15, 0.2) is 55.2 Å². The minimum Gasteiger partial charge on any atom is -0.348 e. The van der Waals surface area contributed by atoms with Crippen molar-refractivity contribution in [2.24, 2.45) is 0 Å². The molecular weight excluding hydrogens is 362 g/mol. The number of likely N-dealkylation sites (tertiary alicyclic amines) is 1. The summed E-state index contributed by atoms with van der Waals surface area (Å²) in [6.07, 6.45) is 11.7. The van der Waals surface area contributed by atoms with Crippen LogP contribution in [0.2, 0.25) is 0 Å². The Labute approximate surface area is 172 Å². The van der Waals surface area contributed by atoms with Gasteiger partial charge >= 0.3 is 0 Å². The molecular formula is C23H29N5O. The van der Waals surface area contributed by atoms with Crippen LogP contribution < -0.4 is 0 Å². The van der Waals surface area contributed by atoms with Gasteiger partial charge in [-0.25, -0.2) is 4.98 Å². The van der Waals surface area contributed by atoms with Crippen molar-refractivity contribution in [1.82, 2.24) is 24.0 Å². The molecule has 1 fully saturated rings. The van der Waals surface area contributed by atoms with Crippen molar-refractivity contribution in [3.63, 3.8) is 0 Å². The van der Waals surface area contributed by atoms with Crippen LogP contribution in [0, 0.1) is 0 Å². The molecule has 1 saturated heterocycles. The summed E-state index contributed by atoms with van der Waals surface area (Å²) in [5, 5.41) is 0. The van der Waals surface area contributed by atoms with Crippen molar-refractivity contribution in [2.45, 2.75) is 51.6 Å². The standard InChI is InChI=1S/C23H29N5O/c1-23(2,3)28-13-9-19(16-28)22(29)27-12-6-7-18(15-27)21-25-11-14-26(21)17-20-8-4-5-10-24-20/h4-5,8-11,13-14,16,18H,6-7,12,15,17H2,1-3H3/t18-/m0/s1. The van der Waals surface area contributed by atoms with Crippen LogP contribution in [0.4, 0.5) is 0 Å². The predicted molar refractivity (Wildman–Crippen MR) is 113 cm³/mol. The largest absolute Gasteiger partial charge is 0.348 e. The highest BCUT2D eigenvalue weighted by molar-refractivity contribution is 5.94. The molecule has 152 valence electrons. The molecule has 1 aliphatic heterocycles. The maximum Gasteiger partial charge on any atom is 0.255 e. The quantitative estimate of drug-likeness (QED) is 0.678. The normalized spacial score (nSPS) is 17.5. The zero-order valence-electron chi connectivity index (χ0n) is 17.5. The van der Waals surface area contributed by atoms with Crippen LogP contribution in [0.1, 0.15) is 61.4 Å². The minimum absolute atomic E-state index is 0.0286. The number of imidazole rings is 1. The number of rotatable bonds is 4. The molecule has 0 aromatic carbocycles. The first-order chi connectivity index (χ1) is 13.9. The van der Waals surface area contributed by atoms with Gasteiger partial charge in [-0.3, -0.25) is 9.78 Å². The molecule has 0 saturated carbocycles. The van der Waals surface area contributed by atoms with E-state index in [1.54, 1.807) is 0 Å². The Bertz CT molecular complexity index is 967. The molecule has 29 heavy (non-hydrogen) atoms. The molecule has 3 aromatic rings. The molecule has 4 rings (SSSR count). The number of hydrogen-bond donors (Lipinski definition) is 0. The zero-order valence-corrected chi connectivity index (χ0v) is 17.5. The van der Waals surface area contributed by atoms with Gasteiger partial charge in [0, 0.05) is 55.5 Å². The Balaban J connectivity index is 1.48. The van der Waals surface area contributed by atoms with Gasteiger partial charge in [0.2, 0.25) is 0 Å². The molecule has 1 aliphatic rings. The fraction of sp³-hybridized carbons (Fsp3) is 0.435. The number of aromatic nitrogens is 4. The van der Waals surface area contributed by atoms with Gasteiger partial charge < -0.3 is 14.0 Å². The van der Waals surface area contributed by atoms with Crippen LogP contribution in [-0.2, 0) is 12.1 Å². The van der Waals surface area contributed by atoms with Gasteiger partial charge in [0.15, 0.2) is 0 Å². The maximum atomic E-state index is 13.1. The van der Waals surface area contributed by atoms with Crippen LogP contribution in [0.5, 0.6) is 0 Å². The molecule has 1 amide bonds. The summed E-state index contributed by atoms with van der Waals surface area (Å²) in [4.78, 5) is 24.2. The van der Waals surface area contributed by atoms with E-state index in [4.69, 9.17) is 0 Å². The van der Waals surface area contributed by atoms with E-state index in [-0.39, 0.29) is 17.4 Å². The third-order valence-electron chi connectivity index (χ3n) is 5.59. The lowest BCUT2D eigenvalue weighted by Crippen LogP contribution is -2.39. The lowest BCUT2D eigenvalue weighted by molar-refractivity contribution is 0.0703. The summed E-state index contributed by atoms with van der Waals surface area (Å²) in [5.41, 5.74) is 1.75. The van der Waals surface area contributed by atoms with Gasteiger partial charge in [-0.2, -0.15) is 0 Å². The smallest absolute Gasteiger partial charge is 0.255 e. The number of nitrogens with zero attached hydrogens (tertiary/aromatic N) is 5. The van der Waals surface area contributed by atoms with Gasteiger partial charge in [-0.15, -0.1) is 0 Å². The van der Waals surface area contributed by atoms with Crippen molar-refractivity contribution in [3.8, 4) is 0 Å². The van der Waals surface area contributed by atoms with E-state index < -0.39 is 0 Å². The van der Waals surface area contributed by atoms with E-state index in [0.29, 0.717) is 13.1 Å². The second kappa shape index (κ2) is 7.85. The average Bonchev–Trinajstić information content (AvgIpc) is 3.38. The van der Waals surface area contributed by atoms with Crippen LogP contribution in [0.3, 0.4) is 0 Å². The lowest BCUT2D eigenvalue weighted by atomic mass is 9.96. The number of hydrogen-bond acceptors (Lipinski definition) is 3. The lowest BCUT2D eigenvalue weighted by Gasteiger charge is -2.32. The summed E-state index contributed by atoms with van der Waals surface area (Å²) in [6, 6.07) is 7.89. The Morgan fingerprint density at radius 2 is 2.00 bits per heavy atom. The van der Waals surface area contributed by atoms with E-state index in [1.807, 2.05) is 60.1 Å². The van der Waals surface area contributed by atoms with Gasteiger partial charge in [0.05, 0.1) is 17.8 Å². The van der Waals surface area contributed by atoms with Gasteiger partial charge in [0.1, 0.15) is 5.82 Å². The number of carbonyl (C=O) groups excluding carboxylic acids is 1. The molecule has 0 radical (unpaired) electrons. The first kappa shape index (κ1) is 19.4. The molecule has 1 atom stereocenters. The summed E-state index contributed by atoms with van der Waals surface area (Å²) >= 11 is 0. The number of pyridine rings is 1. The zero-order chi connectivity index (χ0) is 20.4. The summed E-state index contributed by atoms with van der Waals surface area (Å²) in [5.74, 6) is 1.40. The molecule has 0 unspecified atom stereocenters. The Morgan fingerprint density at radius 3 is 2.72 bits per heavy atom. The second-order valence-electron chi connectivity index (χ2n) is 8.80. The van der Waals surface area contributed by atoms with Gasteiger partial charge in [0.25, 0.3) is 5.91 Å².